The Morgan fingerprint density at radius 1 is 1.08 bits per heavy atom. The van der Waals surface area contributed by atoms with E-state index in [1.54, 1.807) is 0 Å². The van der Waals surface area contributed by atoms with Crippen molar-refractivity contribution in [3.8, 4) is 11.5 Å². The van der Waals surface area contributed by atoms with E-state index in [0.29, 0.717) is 0 Å². The molecule has 0 fully saturated rings. The number of carboxylic acid groups (broad SMARTS) is 1. The molecule has 2 aromatic rings. The zero-order chi connectivity index (χ0) is 18.8. The summed E-state index contributed by atoms with van der Waals surface area (Å²) in [5, 5.41) is 30.7. The molecule has 25 heavy (non-hydrogen) atoms. The van der Waals surface area contributed by atoms with Crippen molar-refractivity contribution in [2.75, 3.05) is 5.32 Å². The Bertz CT molecular complexity index is 952. The van der Waals surface area contributed by atoms with Crippen LogP contribution in [-0.2, 0) is 21.3 Å². The summed E-state index contributed by atoms with van der Waals surface area (Å²) >= 11 is 0. The molecule has 0 radical (unpaired) electrons. The van der Waals surface area contributed by atoms with Gasteiger partial charge in [-0.05, 0) is 30.3 Å². The van der Waals surface area contributed by atoms with E-state index in [9.17, 15) is 28.2 Å². The Balaban J connectivity index is 2.36. The monoisotopic (exact) mass is 367 g/mol. The lowest BCUT2D eigenvalue weighted by Crippen LogP contribution is -2.14. The Labute approximate surface area is 141 Å². The standard InChI is InChI=1S/C15H13NO8S/c17-10-4-8(5-13(18)19)14(20)12(7-10)15(21)16-9-2-1-3-11(6-9)25(22,23)24/h1-4,6-7,17,20H,5H2,(H,16,21)(H,18,19)(H,22,23,24). The number of benzene rings is 2. The minimum absolute atomic E-state index is 0.00246. The zero-order valence-corrected chi connectivity index (χ0v) is 13.3. The van der Waals surface area contributed by atoms with Crippen molar-refractivity contribution in [3.63, 3.8) is 0 Å². The molecule has 9 nitrogen and oxygen atoms in total. The quantitative estimate of drug-likeness (QED) is 0.389. The van der Waals surface area contributed by atoms with E-state index in [2.05, 4.69) is 5.32 Å². The van der Waals surface area contributed by atoms with Gasteiger partial charge in [0.2, 0.25) is 0 Å². The molecule has 0 saturated carbocycles. The maximum absolute atomic E-state index is 12.2. The number of phenols is 2. The number of amides is 1. The molecule has 2 rings (SSSR count). The molecular formula is C15H13NO8S. The van der Waals surface area contributed by atoms with Gasteiger partial charge in [0.1, 0.15) is 11.5 Å². The highest BCUT2D eigenvalue weighted by Crippen LogP contribution is 2.29. The number of carbonyl (C=O) groups is 2. The second-order valence-electron chi connectivity index (χ2n) is 5.03. The molecule has 0 saturated heterocycles. The van der Waals surface area contributed by atoms with Crippen LogP contribution in [-0.4, -0.2) is 40.2 Å². The Morgan fingerprint density at radius 3 is 2.36 bits per heavy atom. The van der Waals surface area contributed by atoms with Gasteiger partial charge in [-0.25, -0.2) is 0 Å². The van der Waals surface area contributed by atoms with Crippen LogP contribution in [0.25, 0.3) is 0 Å². The normalized spacial score (nSPS) is 11.1. The average Bonchev–Trinajstić information content (AvgIpc) is 2.49. The summed E-state index contributed by atoms with van der Waals surface area (Å²) in [5.74, 6) is -3.23. The van der Waals surface area contributed by atoms with Gasteiger partial charge in [-0.15, -0.1) is 0 Å². The molecule has 0 aliphatic heterocycles. The first-order chi connectivity index (χ1) is 11.6. The third kappa shape index (κ3) is 4.46. The van der Waals surface area contributed by atoms with Gasteiger partial charge in [0, 0.05) is 11.3 Å². The zero-order valence-electron chi connectivity index (χ0n) is 12.5. The summed E-state index contributed by atoms with van der Waals surface area (Å²) < 4.78 is 31.2. The molecule has 0 spiro atoms. The smallest absolute Gasteiger partial charge is 0.307 e. The van der Waals surface area contributed by atoms with Crippen LogP contribution < -0.4 is 5.32 Å². The molecule has 2 aromatic carbocycles. The Morgan fingerprint density at radius 2 is 1.76 bits per heavy atom. The van der Waals surface area contributed by atoms with Crippen molar-refractivity contribution in [2.24, 2.45) is 0 Å². The largest absolute Gasteiger partial charge is 0.508 e. The van der Waals surface area contributed by atoms with Crippen LogP contribution in [0.15, 0.2) is 41.3 Å². The van der Waals surface area contributed by atoms with Crippen LogP contribution >= 0.6 is 0 Å². The highest BCUT2D eigenvalue weighted by Gasteiger charge is 2.19. The number of hydrogen-bond donors (Lipinski definition) is 5. The van der Waals surface area contributed by atoms with E-state index in [0.717, 1.165) is 24.3 Å². The number of anilines is 1. The maximum atomic E-state index is 12.2. The molecule has 132 valence electrons. The summed E-state index contributed by atoms with van der Waals surface area (Å²) in [6.07, 6.45) is -0.612. The Kier molecular flexibility index (Phi) is 4.95. The van der Waals surface area contributed by atoms with Crippen molar-refractivity contribution >= 4 is 27.7 Å². The summed E-state index contributed by atoms with van der Waals surface area (Å²) in [6, 6.07) is 6.66. The summed E-state index contributed by atoms with van der Waals surface area (Å²) in [7, 11) is -4.47. The van der Waals surface area contributed by atoms with Gasteiger partial charge in [-0.1, -0.05) is 6.07 Å². The number of aliphatic carboxylic acids is 1. The molecule has 0 unspecified atom stereocenters. The van der Waals surface area contributed by atoms with Crippen LogP contribution in [0.5, 0.6) is 11.5 Å². The molecule has 0 heterocycles. The lowest BCUT2D eigenvalue weighted by atomic mass is 10.0. The number of carbonyl (C=O) groups excluding carboxylic acids is 1. The molecule has 0 aliphatic carbocycles. The average molecular weight is 367 g/mol. The van der Waals surface area contributed by atoms with Crippen molar-refractivity contribution in [3.05, 3.63) is 47.5 Å². The molecule has 10 heteroatoms. The SMILES string of the molecule is O=C(O)Cc1cc(O)cc(C(=O)Nc2cccc(S(=O)(=O)O)c2)c1O. The van der Waals surface area contributed by atoms with Gasteiger partial charge in [0.05, 0.1) is 16.9 Å². The van der Waals surface area contributed by atoms with Crippen LogP contribution in [0.4, 0.5) is 5.69 Å². The fourth-order valence-electron chi connectivity index (χ4n) is 2.08. The third-order valence-electron chi connectivity index (χ3n) is 3.15. The molecular weight excluding hydrogens is 354 g/mol. The number of rotatable bonds is 5. The van der Waals surface area contributed by atoms with Crippen LogP contribution in [0.3, 0.4) is 0 Å². The predicted octanol–water partition coefficient (Wildman–Crippen LogP) is 1.22. The first kappa shape index (κ1) is 18.2. The molecule has 1 amide bonds. The number of aromatic hydroxyl groups is 2. The fraction of sp³-hybridized carbons (Fsp3) is 0.0667. The molecule has 0 aromatic heterocycles. The van der Waals surface area contributed by atoms with Gasteiger partial charge in [-0.2, -0.15) is 8.42 Å². The maximum Gasteiger partial charge on any atom is 0.307 e. The van der Waals surface area contributed by atoms with Crippen LogP contribution in [0.2, 0.25) is 0 Å². The predicted molar refractivity (Wildman–Crippen MR) is 85.3 cm³/mol. The second-order valence-corrected chi connectivity index (χ2v) is 6.45. The van der Waals surface area contributed by atoms with E-state index >= 15 is 0 Å². The minimum atomic E-state index is -4.47. The van der Waals surface area contributed by atoms with E-state index in [1.807, 2.05) is 0 Å². The van der Waals surface area contributed by atoms with Crippen molar-refractivity contribution in [1.82, 2.24) is 0 Å². The lowest BCUT2D eigenvalue weighted by Gasteiger charge is -2.11. The molecule has 0 bridgehead atoms. The highest BCUT2D eigenvalue weighted by atomic mass is 32.2. The molecule has 5 N–H and O–H groups in total. The van der Waals surface area contributed by atoms with Crippen molar-refractivity contribution < 1.29 is 37.9 Å². The third-order valence-corrected chi connectivity index (χ3v) is 4.00. The fourth-order valence-corrected chi connectivity index (χ4v) is 2.61. The first-order valence-corrected chi connectivity index (χ1v) is 8.17. The van der Waals surface area contributed by atoms with E-state index in [1.165, 1.54) is 12.1 Å². The summed E-state index contributed by atoms with van der Waals surface area (Å²) in [5.41, 5.74) is -0.555. The van der Waals surface area contributed by atoms with Crippen LogP contribution in [0.1, 0.15) is 15.9 Å². The van der Waals surface area contributed by atoms with Gasteiger partial charge >= 0.3 is 5.97 Å². The second kappa shape index (κ2) is 6.79. The number of hydrogen-bond acceptors (Lipinski definition) is 6. The topological polar surface area (TPSA) is 161 Å². The number of nitrogens with one attached hydrogen (secondary N) is 1. The number of carboxylic acids is 1. The van der Waals surface area contributed by atoms with E-state index < -0.39 is 50.4 Å². The van der Waals surface area contributed by atoms with E-state index in [-0.39, 0.29) is 11.3 Å². The summed E-state index contributed by atoms with van der Waals surface area (Å²) in [4.78, 5) is 22.6. The van der Waals surface area contributed by atoms with Crippen molar-refractivity contribution in [1.29, 1.82) is 0 Å². The molecule has 0 aliphatic rings. The van der Waals surface area contributed by atoms with Crippen molar-refractivity contribution in [2.45, 2.75) is 11.3 Å². The molecule has 0 atom stereocenters. The van der Waals surface area contributed by atoms with Gasteiger partial charge in [0.25, 0.3) is 16.0 Å². The minimum Gasteiger partial charge on any atom is -0.508 e. The first-order valence-electron chi connectivity index (χ1n) is 6.73. The van der Waals surface area contributed by atoms with Gasteiger partial charge in [-0.3, -0.25) is 14.1 Å². The summed E-state index contributed by atoms with van der Waals surface area (Å²) in [6.45, 7) is 0. The van der Waals surface area contributed by atoms with Gasteiger partial charge < -0.3 is 20.6 Å². The van der Waals surface area contributed by atoms with E-state index in [4.69, 9.17) is 9.66 Å². The van der Waals surface area contributed by atoms with Gasteiger partial charge in [0.15, 0.2) is 0 Å². The lowest BCUT2D eigenvalue weighted by molar-refractivity contribution is -0.136. The number of phenolic OH excluding ortho intramolecular Hbond substituents is 2. The van der Waals surface area contributed by atoms with Crippen LogP contribution in [0, 0.1) is 0 Å². The highest BCUT2D eigenvalue weighted by molar-refractivity contribution is 7.85. The Hall–Kier alpha value is -3.11.